The fraction of sp³-hybridized carbons (Fsp3) is 0.273. The van der Waals surface area contributed by atoms with Crippen LogP contribution in [-0.2, 0) is 0 Å². The van der Waals surface area contributed by atoms with Crippen molar-refractivity contribution in [1.29, 1.82) is 0 Å². The van der Waals surface area contributed by atoms with Crippen molar-refractivity contribution in [3.05, 3.63) is 100 Å². The number of halogens is 3. The van der Waals surface area contributed by atoms with Crippen LogP contribution in [0.4, 0.5) is 18.0 Å². The number of amides is 2. The average Bonchev–Trinajstić information content (AvgIpc) is 3.66. The highest BCUT2D eigenvalue weighted by atomic mass is 32.1. The van der Waals surface area contributed by atoms with Crippen LogP contribution in [0, 0.1) is 6.92 Å². The first kappa shape index (κ1) is 32.5. The highest BCUT2D eigenvalue weighted by Crippen LogP contribution is 2.28. The molecule has 2 heterocycles. The van der Waals surface area contributed by atoms with Gasteiger partial charge in [0.15, 0.2) is 10.6 Å². The lowest BCUT2D eigenvalue weighted by Gasteiger charge is -2.17. The molecule has 0 spiro atoms. The first-order valence-electron chi connectivity index (χ1n) is 14.5. The topological polar surface area (TPSA) is 95.6 Å². The number of benzene rings is 3. The molecule has 0 aliphatic carbocycles. The first-order chi connectivity index (χ1) is 22.0. The molecule has 46 heavy (non-hydrogen) atoms. The molecule has 9 nitrogen and oxygen atoms in total. The molecule has 1 atom stereocenters. The molecule has 5 aromatic rings. The Hall–Kier alpha value is -4.91. The minimum atomic E-state index is -4.76. The Morgan fingerprint density at radius 2 is 1.74 bits per heavy atom. The Labute approximate surface area is 268 Å². The number of thiazole rings is 1. The van der Waals surface area contributed by atoms with Crippen LogP contribution in [0.25, 0.3) is 22.8 Å². The van der Waals surface area contributed by atoms with E-state index in [-0.39, 0.29) is 17.7 Å². The summed E-state index contributed by atoms with van der Waals surface area (Å²) in [6.45, 7) is 8.20. The maximum atomic E-state index is 13.2. The molecule has 0 saturated heterocycles. The summed E-state index contributed by atoms with van der Waals surface area (Å²) in [5.41, 5.74) is 5.14. The second-order valence-corrected chi connectivity index (χ2v) is 11.6. The normalized spacial score (nSPS) is 12.8. The van der Waals surface area contributed by atoms with Gasteiger partial charge >= 0.3 is 12.4 Å². The Balaban J connectivity index is 1.32. The van der Waals surface area contributed by atoms with E-state index in [1.165, 1.54) is 46.6 Å². The number of aromatic nitrogens is 4. The van der Waals surface area contributed by atoms with Crippen molar-refractivity contribution in [2.24, 2.45) is 4.99 Å². The molecule has 240 valence electrons. The van der Waals surface area contributed by atoms with E-state index < -0.39 is 12.4 Å². The molecular weight excluding hydrogens is 617 g/mol. The van der Waals surface area contributed by atoms with Gasteiger partial charge in [-0.2, -0.15) is 4.99 Å². The van der Waals surface area contributed by atoms with Crippen LogP contribution < -0.4 is 19.6 Å². The van der Waals surface area contributed by atoms with Crippen molar-refractivity contribution < 1.29 is 27.4 Å². The van der Waals surface area contributed by atoms with Gasteiger partial charge in [-0.1, -0.05) is 51.1 Å². The first-order valence-corrected chi connectivity index (χ1v) is 15.4. The predicted octanol–water partition coefficient (Wildman–Crippen LogP) is 7.89. The van der Waals surface area contributed by atoms with E-state index in [0.29, 0.717) is 22.7 Å². The van der Waals surface area contributed by atoms with Crippen molar-refractivity contribution in [3.63, 3.8) is 0 Å². The number of nitrogens with one attached hydrogen (secondary N) is 1. The van der Waals surface area contributed by atoms with Crippen molar-refractivity contribution in [2.75, 3.05) is 7.11 Å². The van der Waals surface area contributed by atoms with Crippen molar-refractivity contribution in [2.45, 2.75) is 52.4 Å². The van der Waals surface area contributed by atoms with Gasteiger partial charge in [0.05, 0.1) is 24.5 Å². The molecule has 1 N–H and O–H groups in total. The van der Waals surface area contributed by atoms with Gasteiger partial charge in [0.25, 0.3) is 0 Å². The third-order valence-corrected chi connectivity index (χ3v) is 8.22. The number of hydrogen-bond acceptors (Lipinski definition) is 6. The zero-order valence-corrected chi connectivity index (χ0v) is 26.7. The number of urea groups is 1. The Kier molecular flexibility index (Phi) is 9.61. The Morgan fingerprint density at radius 3 is 2.37 bits per heavy atom. The summed E-state index contributed by atoms with van der Waals surface area (Å²) in [4.78, 5) is 22.6. The number of carbonyl (C=O) groups excluding carboxylic acids is 1. The summed E-state index contributed by atoms with van der Waals surface area (Å²) < 4.78 is 50.2. The summed E-state index contributed by atoms with van der Waals surface area (Å²) in [5.74, 6) is 1.08. The van der Waals surface area contributed by atoms with Crippen LogP contribution in [-0.4, -0.2) is 38.8 Å². The van der Waals surface area contributed by atoms with E-state index in [4.69, 9.17) is 4.74 Å². The van der Waals surface area contributed by atoms with E-state index in [2.05, 4.69) is 39.0 Å². The van der Waals surface area contributed by atoms with Crippen LogP contribution in [0.5, 0.6) is 11.5 Å². The van der Waals surface area contributed by atoms with Crippen molar-refractivity contribution in [1.82, 2.24) is 24.6 Å². The van der Waals surface area contributed by atoms with Crippen LogP contribution in [0.15, 0.2) is 83.4 Å². The lowest BCUT2D eigenvalue weighted by Crippen LogP contribution is -2.28. The average molecular weight is 651 g/mol. The standard InChI is InChI=1S/C33H33F3N6O3S/c1-6-28(38-31(43)39-32-42(21(4)18-46-32)29-17-26(44-5)15-16-27(29)20(2)3)22-7-9-23(10-8-22)30-37-19-41(40-30)24-11-13-25(14-12-24)45-33(34,35)36/h7-20,28H,6H2,1-5H3,(H,38,43)/b39-32-. The van der Waals surface area contributed by atoms with E-state index in [1.54, 1.807) is 7.11 Å². The third kappa shape index (κ3) is 7.48. The van der Waals surface area contributed by atoms with Crippen molar-refractivity contribution >= 4 is 17.4 Å². The van der Waals surface area contributed by atoms with Gasteiger partial charge < -0.3 is 14.8 Å². The van der Waals surface area contributed by atoms with Crippen LogP contribution in [0.1, 0.15) is 56.0 Å². The molecule has 0 aliphatic rings. The molecule has 0 radical (unpaired) electrons. The zero-order valence-electron chi connectivity index (χ0n) is 25.9. The molecular formula is C33H33F3N6O3S. The summed E-state index contributed by atoms with van der Waals surface area (Å²) in [6.07, 6.45) is -2.64. The molecule has 13 heteroatoms. The SMILES string of the molecule is CCC(NC(=O)/N=c1\scc(C)n1-c1cc(OC)ccc1C(C)C)c1ccc(-c2ncn(-c3ccc(OC(F)(F)F)cc3)n2)cc1. The molecule has 2 aromatic heterocycles. The molecule has 1 unspecified atom stereocenters. The van der Waals surface area contributed by atoms with E-state index in [0.717, 1.165) is 33.8 Å². The number of methoxy groups -OCH3 is 1. The quantitative estimate of drug-likeness (QED) is 0.175. The molecule has 2 amide bonds. The lowest BCUT2D eigenvalue weighted by molar-refractivity contribution is -0.274. The van der Waals surface area contributed by atoms with Gasteiger partial charge in [0.1, 0.15) is 17.8 Å². The summed E-state index contributed by atoms with van der Waals surface area (Å²) in [7, 11) is 1.63. The number of carbonyl (C=O) groups is 1. The van der Waals surface area contributed by atoms with Gasteiger partial charge in [-0.15, -0.1) is 29.6 Å². The lowest BCUT2D eigenvalue weighted by atomic mass is 10.0. The second-order valence-electron chi connectivity index (χ2n) is 10.8. The number of hydrogen-bond donors (Lipinski definition) is 1. The molecule has 5 rings (SSSR count). The molecule has 0 bridgehead atoms. The summed E-state index contributed by atoms with van der Waals surface area (Å²) in [6, 6.07) is 18.0. The maximum Gasteiger partial charge on any atom is 0.573 e. The fourth-order valence-electron chi connectivity index (χ4n) is 4.97. The smallest absolute Gasteiger partial charge is 0.497 e. The van der Waals surface area contributed by atoms with E-state index in [1.807, 2.05) is 66.3 Å². The van der Waals surface area contributed by atoms with Crippen LogP contribution in [0.2, 0.25) is 0 Å². The highest BCUT2D eigenvalue weighted by molar-refractivity contribution is 7.07. The minimum Gasteiger partial charge on any atom is -0.497 e. The van der Waals surface area contributed by atoms with E-state index in [9.17, 15) is 18.0 Å². The second kappa shape index (κ2) is 13.6. The summed E-state index contributed by atoms with van der Waals surface area (Å²) in [5, 5.41) is 9.46. The van der Waals surface area contributed by atoms with Gasteiger partial charge in [-0.25, -0.2) is 14.5 Å². The largest absolute Gasteiger partial charge is 0.573 e. The maximum absolute atomic E-state index is 13.2. The van der Waals surface area contributed by atoms with Gasteiger partial charge in [0, 0.05) is 22.7 Å². The predicted molar refractivity (Wildman–Crippen MR) is 170 cm³/mol. The summed E-state index contributed by atoms with van der Waals surface area (Å²) >= 11 is 1.39. The van der Waals surface area contributed by atoms with E-state index >= 15 is 0 Å². The number of alkyl halides is 3. The van der Waals surface area contributed by atoms with Gasteiger partial charge in [-0.3, -0.25) is 4.57 Å². The van der Waals surface area contributed by atoms with Gasteiger partial charge in [0.2, 0.25) is 0 Å². The third-order valence-electron chi connectivity index (χ3n) is 7.28. The molecule has 3 aromatic carbocycles. The van der Waals surface area contributed by atoms with Crippen LogP contribution >= 0.6 is 11.3 Å². The number of nitrogens with zero attached hydrogens (tertiary/aromatic N) is 5. The highest BCUT2D eigenvalue weighted by Gasteiger charge is 2.31. The van der Waals surface area contributed by atoms with Crippen molar-refractivity contribution in [3.8, 4) is 34.3 Å². The minimum absolute atomic E-state index is 0.249. The monoisotopic (exact) mass is 650 g/mol. The number of ether oxygens (including phenoxy) is 2. The molecule has 0 fully saturated rings. The Bertz CT molecular complexity index is 1880. The number of aryl methyl sites for hydroxylation is 1. The number of rotatable bonds is 9. The Morgan fingerprint density at radius 1 is 1.04 bits per heavy atom. The zero-order chi connectivity index (χ0) is 33.0. The fourth-order valence-corrected chi connectivity index (χ4v) is 5.83. The van der Waals surface area contributed by atoms with Gasteiger partial charge in [-0.05, 0) is 60.7 Å². The molecule has 0 saturated carbocycles. The molecule has 0 aliphatic heterocycles. The van der Waals surface area contributed by atoms with Crippen LogP contribution in [0.3, 0.4) is 0 Å².